The Morgan fingerprint density at radius 2 is 1.66 bits per heavy atom. The number of sulfonamides is 1. The van der Waals surface area contributed by atoms with Crippen molar-refractivity contribution in [2.24, 2.45) is 0 Å². The molecule has 0 radical (unpaired) electrons. The van der Waals surface area contributed by atoms with E-state index in [9.17, 15) is 31.2 Å². The van der Waals surface area contributed by atoms with E-state index in [2.05, 4.69) is 5.32 Å². The van der Waals surface area contributed by atoms with Crippen LogP contribution < -0.4 is 14.4 Å². The van der Waals surface area contributed by atoms with Gasteiger partial charge in [-0.2, -0.15) is 13.2 Å². The zero-order chi connectivity index (χ0) is 32.7. The van der Waals surface area contributed by atoms with E-state index in [-0.39, 0.29) is 23.9 Å². The van der Waals surface area contributed by atoms with Crippen LogP contribution >= 0.6 is 11.6 Å². The summed E-state index contributed by atoms with van der Waals surface area (Å²) in [5.41, 5.74) is -1.09. The number of nitrogens with one attached hydrogen (secondary N) is 1. The van der Waals surface area contributed by atoms with Crippen LogP contribution in [0.25, 0.3) is 0 Å². The van der Waals surface area contributed by atoms with Gasteiger partial charge in [0, 0.05) is 12.6 Å². The van der Waals surface area contributed by atoms with E-state index < -0.39 is 56.9 Å². The highest BCUT2D eigenvalue weighted by atomic mass is 35.5. The molecular formula is C31H35ClF3N3O5S. The first-order valence-corrected chi connectivity index (χ1v) is 15.7. The van der Waals surface area contributed by atoms with Gasteiger partial charge in [0.25, 0.3) is 10.0 Å². The number of halogens is 4. The number of methoxy groups -OCH3 is 1. The molecule has 0 fully saturated rings. The topological polar surface area (TPSA) is 96.0 Å². The number of hydrogen-bond donors (Lipinski definition) is 1. The van der Waals surface area contributed by atoms with Crippen molar-refractivity contribution in [3.63, 3.8) is 0 Å². The largest absolute Gasteiger partial charge is 0.497 e. The second kappa shape index (κ2) is 14.8. The number of ether oxygens (including phenoxy) is 1. The summed E-state index contributed by atoms with van der Waals surface area (Å²) in [7, 11) is -3.09. The van der Waals surface area contributed by atoms with Crippen LogP contribution in [-0.2, 0) is 32.3 Å². The van der Waals surface area contributed by atoms with E-state index in [4.69, 9.17) is 16.3 Å². The molecule has 8 nitrogen and oxygen atoms in total. The first kappa shape index (κ1) is 34.7. The van der Waals surface area contributed by atoms with E-state index in [1.165, 1.54) is 36.3 Å². The highest BCUT2D eigenvalue weighted by Crippen LogP contribution is 2.38. The third kappa shape index (κ3) is 8.44. The van der Waals surface area contributed by atoms with E-state index in [1.807, 2.05) is 13.8 Å². The van der Waals surface area contributed by atoms with Crippen LogP contribution in [0.15, 0.2) is 77.7 Å². The Morgan fingerprint density at radius 3 is 2.25 bits per heavy atom. The van der Waals surface area contributed by atoms with E-state index in [0.29, 0.717) is 28.1 Å². The second-order valence-electron chi connectivity index (χ2n) is 10.1. The molecule has 0 unspecified atom stereocenters. The molecule has 0 aliphatic carbocycles. The van der Waals surface area contributed by atoms with Crippen LogP contribution in [0.3, 0.4) is 0 Å². The van der Waals surface area contributed by atoms with Crippen molar-refractivity contribution in [2.75, 3.05) is 18.0 Å². The summed E-state index contributed by atoms with van der Waals surface area (Å²) in [5, 5.41) is 2.24. The van der Waals surface area contributed by atoms with Gasteiger partial charge in [-0.05, 0) is 67.8 Å². The van der Waals surface area contributed by atoms with E-state index in [0.717, 1.165) is 12.1 Å². The molecule has 1 N–H and O–H groups in total. The van der Waals surface area contributed by atoms with Gasteiger partial charge >= 0.3 is 6.18 Å². The molecule has 0 heterocycles. The fraction of sp³-hybridized carbons (Fsp3) is 0.355. The van der Waals surface area contributed by atoms with Crippen LogP contribution in [0, 0.1) is 0 Å². The molecule has 0 aliphatic heterocycles. The molecule has 3 rings (SSSR count). The van der Waals surface area contributed by atoms with Gasteiger partial charge in [0.1, 0.15) is 18.3 Å². The van der Waals surface area contributed by atoms with Gasteiger partial charge in [0.2, 0.25) is 11.8 Å². The molecule has 3 aromatic rings. The van der Waals surface area contributed by atoms with Gasteiger partial charge in [-0.1, -0.05) is 55.8 Å². The fourth-order valence-electron chi connectivity index (χ4n) is 4.46. The maximum atomic E-state index is 14.1. The molecule has 2 atom stereocenters. The van der Waals surface area contributed by atoms with E-state index in [1.54, 1.807) is 37.3 Å². The lowest BCUT2D eigenvalue weighted by atomic mass is 10.1. The molecule has 13 heteroatoms. The lowest BCUT2D eigenvalue weighted by molar-refractivity contribution is -0.140. The van der Waals surface area contributed by atoms with Gasteiger partial charge in [-0.15, -0.1) is 0 Å². The lowest BCUT2D eigenvalue weighted by Crippen LogP contribution is -2.53. The molecule has 44 heavy (non-hydrogen) atoms. The Balaban J connectivity index is 2.14. The summed E-state index contributed by atoms with van der Waals surface area (Å²) in [6, 6.07) is 15.2. The van der Waals surface area contributed by atoms with E-state index >= 15 is 0 Å². The monoisotopic (exact) mass is 653 g/mol. The first-order chi connectivity index (χ1) is 20.7. The minimum absolute atomic E-state index is 0.101. The van der Waals surface area contributed by atoms with Gasteiger partial charge in [0.05, 0.1) is 28.3 Å². The second-order valence-corrected chi connectivity index (χ2v) is 12.4. The summed E-state index contributed by atoms with van der Waals surface area (Å²) >= 11 is 5.82. The zero-order valence-electron chi connectivity index (χ0n) is 24.8. The predicted octanol–water partition coefficient (Wildman–Crippen LogP) is 6.28. The minimum atomic E-state index is -4.89. The molecule has 0 aliphatic rings. The smallest absolute Gasteiger partial charge is 0.417 e. The fourth-order valence-corrected chi connectivity index (χ4v) is 6.11. The third-order valence-corrected chi connectivity index (χ3v) is 9.15. The molecule has 0 aromatic heterocycles. The van der Waals surface area contributed by atoms with Crippen molar-refractivity contribution in [1.82, 2.24) is 10.2 Å². The Kier molecular flexibility index (Phi) is 11.7. The molecule has 2 amide bonds. The number of hydrogen-bond acceptors (Lipinski definition) is 5. The van der Waals surface area contributed by atoms with Crippen LogP contribution in [0.2, 0.25) is 5.02 Å². The Morgan fingerprint density at radius 1 is 0.977 bits per heavy atom. The quantitative estimate of drug-likeness (QED) is 0.234. The van der Waals surface area contributed by atoms with Crippen molar-refractivity contribution in [2.45, 2.75) is 63.3 Å². The molecule has 0 bridgehead atoms. The Bertz CT molecular complexity index is 1550. The summed E-state index contributed by atoms with van der Waals surface area (Å²) in [6.07, 6.45) is -4.07. The van der Waals surface area contributed by atoms with Gasteiger partial charge in [-0.25, -0.2) is 8.42 Å². The van der Waals surface area contributed by atoms with Crippen molar-refractivity contribution in [3.05, 3.63) is 88.9 Å². The molecule has 0 saturated carbocycles. The highest BCUT2D eigenvalue weighted by molar-refractivity contribution is 7.92. The maximum absolute atomic E-state index is 14.1. The van der Waals surface area contributed by atoms with Crippen molar-refractivity contribution >= 4 is 39.1 Å². The van der Waals surface area contributed by atoms with Crippen molar-refractivity contribution in [3.8, 4) is 5.75 Å². The third-order valence-electron chi connectivity index (χ3n) is 7.03. The standard InChI is InChI=1S/C31H35ClF3N3O5S/c1-5-21(3)36-30(40)28(6-2)37(19-22-11-10-12-24(17-22)43-4)29(39)20-38(44(41,42)25-13-8-7-9-14-25)23-15-16-27(32)26(18-23)31(33,34)35/h7-18,21,28H,5-6,19-20H2,1-4H3,(H,36,40)/t21-,28+/m0/s1. The average Bonchev–Trinajstić information content (AvgIpc) is 2.99. The zero-order valence-corrected chi connectivity index (χ0v) is 26.3. The molecule has 238 valence electrons. The normalized spacial score (nSPS) is 13.1. The first-order valence-electron chi connectivity index (χ1n) is 13.9. The summed E-state index contributed by atoms with van der Waals surface area (Å²) in [5.74, 6) is -0.746. The average molecular weight is 654 g/mol. The van der Waals surface area contributed by atoms with Crippen molar-refractivity contribution < 1.29 is 35.9 Å². The summed E-state index contributed by atoms with van der Waals surface area (Å²) in [4.78, 5) is 28.5. The number of amides is 2. The van der Waals surface area contributed by atoms with Gasteiger partial charge < -0.3 is 15.0 Å². The maximum Gasteiger partial charge on any atom is 0.417 e. The number of alkyl halides is 3. The number of carbonyl (C=O) groups is 2. The highest BCUT2D eigenvalue weighted by Gasteiger charge is 2.37. The molecule has 0 spiro atoms. The lowest BCUT2D eigenvalue weighted by Gasteiger charge is -2.34. The van der Waals surface area contributed by atoms with Gasteiger partial charge in [0.15, 0.2) is 0 Å². The molecule has 3 aromatic carbocycles. The van der Waals surface area contributed by atoms with Gasteiger partial charge in [-0.3, -0.25) is 13.9 Å². The van der Waals surface area contributed by atoms with Crippen molar-refractivity contribution in [1.29, 1.82) is 0 Å². The molecular weight excluding hydrogens is 619 g/mol. The summed E-state index contributed by atoms with van der Waals surface area (Å²) in [6.45, 7) is 4.41. The SMILES string of the molecule is CC[C@H](C(=O)N[C@@H](C)CC)N(Cc1cccc(OC)c1)C(=O)CN(c1ccc(Cl)c(C(F)(F)F)c1)S(=O)(=O)c1ccccc1. The predicted molar refractivity (Wildman–Crippen MR) is 163 cm³/mol. The number of rotatable bonds is 13. The Labute approximate surface area is 260 Å². The van der Waals surface area contributed by atoms with Crippen LogP contribution in [-0.4, -0.2) is 50.9 Å². The van der Waals surface area contributed by atoms with Crippen LogP contribution in [0.4, 0.5) is 18.9 Å². The minimum Gasteiger partial charge on any atom is -0.497 e. The number of carbonyl (C=O) groups excluding carboxylic acids is 2. The Hall–Kier alpha value is -3.77. The molecule has 0 saturated heterocycles. The number of benzene rings is 3. The number of nitrogens with zero attached hydrogens (tertiary/aromatic N) is 2. The summed E-state index contributed by atoms with van der Waals surface area (Å²) < 4.78 is 75.1. The van der Waals surface area contributed by atoms with Crippen LogP contribution in [0.5, 0.6) is 5.75 Å². The number of anilines is 1. The van der Waals surface area contributed by atoms with Crippen LogP contribution in [0.1, 0.15) is 44.7 Å².